The van der Waals surface area contributed by atoms with Gasteiger partial charge >= 0.3 is 5.97 Å². The summed E-state index contributed by atoms with van der Waals surface area (Å²) in [5, 5.41) is 9.31. The molecule has 0 bridgehead atoms. The molecule has 0 aliphatic carbocycles. The van der Waals surface area contributed by atoms with Gasteiger partial charge in [-0.3, -0.25) is 9.59 Å². The molecule has 0 heterocycles. The molecule has 3 aromatic carbocycles. The van der Waals surface area contributed by atoms with Crippen molar-refractivity contribution in [3.05, 3.63) is 100 Å². The highest BCUT2D eigenvalue weighted by molar-refractivity contribution is 6.30. The molecule has 0 spiro atoms. The monoisotopic (exact) mass is 394 g/mol. The molecule has 1 N–H and O–H groups in total. The number of carboxylic acids is 1. The summed E-state index contributed by atoms with van der Waals surface area (Å²) in [6, 6.07) is 21.5. The number of ketones is 1. The molecule has 0 atom stereocenters. The Bertz CT molecular complexity index is 945. The highest BCUT2D eigenvalue weighted by Gasteiger charge is 2.09. The molecular weight excluding hydrogens is 376 g/mol. The van der Waals surface area contributed by atoms with Gasteiger partial charge < -0.3 is 9.84 Å². The predicted octanol–water partition coefficient (Wildman–Crippen LogP) is 5.17. The van der Waals surface area contributed by atoms with Crippen LogP contribution >= 0.6 is 11.6 Å². The fourth-order valence-electron chi connectivity index (χ4n) is 2.69. The molecule has 0 unspecified atom stereocenters. The standard InChI is InChI=1S/C23H19ClO4/c24-20-10-8-19(9-11-20)23(27)18-6-1-17(2-7-18)15-28-21-12-3-16(4-13-21)5-14-22(25)26/h1-4,6-13H,5,14-15H2,(H,25,26). The smallest absolute Gasteiger partial charge is 0.303 e. The van der Waals surface area contributed by atoms with Crippen LogP contribution in [0.5, 0.6) is 5.75 Å². The number of benzene rings is 3. The zero-order valence-electron chi connectivity index (χ0n) is 15.1. The lowest BCUT2D eigenvalue weighted by molar-refractivity contribution is -0.136. The quantitative estimate of drug-likeness (QED) is 0.535. The lowest BCUT2D eigenvalue weighted by atomic mass is 10.0. The summed E-state index contributed by atoms with van der Waals surface area (Å²) in [6.45, 7) is 0.379. The van der Waals surface area contributed by atoms with E-state index in [0.29, 0.717) is 34.9 Å². The molecule has 0 saturated heterocycles. The van der Waals surface area contributed by atoms with Crippen molar-refractivity contribution in [2.45, 2.75) is 19.4 Å². The molecule has 5 heteroatoms. The number of carboxylic acid groups (broad SMARTS) is 1. The van der Waals surface area contributed by atoms with E-state index in [1.165, 1.54) is 0 Å². The number of aliphatic carboxylic acids is 1. The number of ether oxygens (including phenoxy) is 1. The second-order valence-electron chi connectivity index (χ2n) is 6.36. The number of rotatable bonds is 8. The molecule has 0 aromatic heterocycles. The van der Waals surface area contributed by atoms with Crippen molar-refractivity contribution in [3.8, 4) is 5.75 Å². The van der Waals surface area contributed by atoms with Crippen LogP contribution in [0, 0.1) is 0 Å². The first-order chi connectivity index (χ1) is 13.5. The van der Waals surface area contributed by atoms with E-state index in [1.54, 1.807) is 36.4 Å². The van der Waals surface area contributed by atoms with Gasteiger partial charge in [-0.05, 0) is 53.9 Å². The van der Waals surface area contributed by atoms with Gasteiger partial charge in [-0.2, -0.15) is 0 Å². The average Bonchev–Trinajstić information content (AvgIpc) is 2.72. The van der Waals surface area contributed by atoms with Crippen LogP contribution in [-0.4, -0.2) is 16.9 Å². The van der Waals surface area contributed by atoms with Crippen molar-refractivity contribution in [2.24, 2.45) is 0 Å². The Morgan fingerprint density at radius 3 is 1.89 bits per heavy atom. The Hall–Kier alpha value is -3.11. The second kappa shape index (κ2) is 9.20. The average molecular weight is 395 g/mol. The number of hydrogen-bond acceptors (Lipinski definition) is 3. The van der Waals surface area contributed by atoms with Crippen LogP contribution in [0.25, 0.3) is 0 Å². The van der Waals surface area contributed by atoms with Gasteiger partial charge in [0.25, 0.3) is 0 Å². The first-order valence-electron chi connectivity index (χ1n) is 8.84. The Labute approximate surface area is 168 Å². The lowest BCUT2D eigenvalue weighted by Gasteiger charge is -2.08. The summed E-state index contributed by atoms with van der Waals surface area (Å²) in [6.07, 6.45) is 0.611. The van der Waals surface area contributed by atoms with Crippen molar-refractivity contribution >= 4 is 23.4 Å². The summed E-state index contributed by atoms with van der Waals surface area (Å²) in [5.74, 6) is -0.153. The summed E-state index contributed by atoms with van der Waals surface area (Å²) in [7, 11) is 0. The third-order valence-corrected chi connectivity index (χ3v) is 4.53. The number of carbonyl (C=O) groups is 2. The maximum absolute atomic E-state index is 12.5. The Morgan fingerprint density at radius 2 is 1.32 bits per heavy atom. The fraction of sp³-hybridized carbons (Fsp3) is 0.130. The summed E-state index contributed by atoms with van der Waals surface area (Å²) in [5.41, 5.74) is 3.10. The molecule has 0 radical (unpaired) electrons. The third-order valence-electron chi connectivity index (χ3n) is 4.28. The minimum atomic E-state index is -0.807. The number of halogens is 1. The van der Waals surface area contributed by atoms with Gasteiger partial charge in [0.05, 0.1) is 0 Å². The van der Waals surface area contributed by atoms with E-state index in [2.05, 4.69) is 0 Å². The van der Waals surface area contributed by atoms with Crippen LogP contribution in [0.4, 0.5) is 0 Å². The van der Waals surface area contributed by atoms with Crippen molar-refractivity contribution in [1.29, 1.82) is 0 Å². The van der Waals surface area contributed by atoms with E-state index in [0.717, 1.165) is 11.1 Å². The van der Waals surface area contributed by atoms with Crippen LogP contribution in [0.2, 0.25) is 5.02 Å². The van der Waals surface area contributed by atoms with Crippen LogP contribution in [0.3, 0.4) is 0 Å². The molecule has 0 saturated carbocycles. The van der Waals surface area contributed by atoms with E-state index in [4.69, 9.17) is 21.4 Å². The van der Waals surface area contributed by atoms with Crippen molar-refractivity contribution in [1.82, 2.24) is 0 Å². The predicted molar refractivity (Wildman–Crippen MR) is 108 cm³/mol. The summed E-state index contributed by atoms with van der Waals surface area (Å²) in [4.78, 5) is 23.1. The molecule has 0 aliphatic rings. The fourth-order valence-corrected chi connectivity index (χ4v) is 2.82. The molecule has 28 heavy (non-hydrogen) atoms. The lowest BCUT2D eigenvalue weighted by Crippen LogP contribution is -2.02. The summed E-state index contributed by atoms with van der Waals surface area (Å²) >= 11 is 5.86. The minimum absolute atomic E-state index is 0.0546. The van der Waals surface area contributed by atoms with Crippen molar-refractivity contribution < 1.29 is 19.4 Å². The molecule has 3 rings (SSSR count). The van der Waals surface area contributed by atoms with Gasteiger partial charge in [0.2, 0.25) is 0 Å². The minimum Gasteiger partial charge on any atom is -0.489 e. The van der Waals surface area contributed by atoms with Gasteiger partial charge in [0.1, 0.15) is 12.4 Å². The zero-order valence-corrected chi connectivity index (χ0v) is 15.9. The first kappa shape index (κ1) is 19.6. The third kappa shape index (κ3) is 5.44. The van der Waals surface area contributed by atoms with E-state index in [-0.39, 0.29) is 12.2 Å². The Balaban J connectivity index is 1.56. The largest absolute Gasteiger partial charge is 0.489 e. The molecule has 142 valence electrons. The Morgan fingerprint density at radius 1 is 0.786 bits per heavy atom. The van der Waals surface area contributed by atoms with Gasteiger partial charge in [0, 0.05) is 22.6 Å². The summed E-state index contributed by atoms with van der Waals surface area (Å²) < 4.78 is 5.75. The van der Waals surface area contributed by atoms with Gasteiger partial charge in [-0.25, -0.2) is 0 Å². The maximum Gasteiger partial charge on any atom is 0.303 e. The van der Waals surface area contributed by atoms with Gasteiger partial charge in [-0.15, -0.1) is 0 Å². The maximum atomic E-state index is 12.5. The van der Waals surface area contributed by atoms with Crippen molar-refractivity contribution in [2.75, 3.05) is 0 Å². The topological polar surface area (TPSA) is 63.6 Å². The highest BCUT2D eigenvalue weighted by Crippen LogP contribution is 2.17. The van der Waals surface area contributed by atoms with E-state index in [1.807, 2.05) is 36.4 Å². The van der Waals surface area contributed by atoms with Crippen LogP contribution < -0.4 is 4.74 Å². The molecule has 4 nitrogen and oxygen atoms in total. The number of carbonyl (C=O) groups excluding carboxylic acids is 1. The van der Waals surface area contributed by atoms with E-state index >= 15 is 0 Å². The normalized spacial score (nSPS) is 10.5. The first-order valence-corrected chi connectivity index (χ1v) is 9.22. The highest BCUT2D eigenvalue weighted by atomic mass is 35.5. The second-order valence-corrected chi connectivity index (χ2v) is 6.80. The van der Waals surface area contributed by atoms with E-state index < -0.39 is 5.97 Å². The van der Waals surface area contributed by atoms with Crippen LogP contribution in [0.1, 0.15) is 33.5 Å². The van der Waals surface area contributed by atoms with Crippen LogP contribution in [0.15, 0.2) is 72.8 Å². The number of aryl methyl sites for hydroxylation is 1. The SMILES string of the molecule is O=C(O)CCc1ccc(OCc2ccc(C(=O)c3ccc(Cl)cc3)cc2)cc1. The van der Waals surface area contributed by atoms with E-state index in [9.17, 15) is 9.59 Å². The molecule has 3 aromatic rings. The van der Waals surface area contributed by atoms with Gasteiger partial charge in [-0.1, -0.05) is 48.0 Å². The molecule has 0 fully saturated rings. The zero-order chi connectivity index (χ0) is 19.9. The molecule has 0 aliphatic heterocycles. The number of hydrogen-bond donors (Lipinski definition) is 1. The van der Waals surface area contributed by atoms with Crippen LogP contribution in [-0.2, 0) is 17.8 Å². The molecular formula is C23H19ClO4. The molecule has 0 amide bonds. The Kier molecular flexibility index (Phi) is 6.45. The van der Waals surface area contributed by atoms with Crippen molar-refractivity contribution in [3.63, 3.8) is 0 Å². The van der Waals surface area contributed by atoms with Gasteiger partial charge in [0.15, 0.2) is 5.78 Å².